The number of hydrogen-bond acceptors (Lipinski definition) is 2. The van der Waals surface area contributed by atoms with E-state index in [1.54, 1.807) is 7.11 Å². The van der Waals surface area contributed by atoms with Gasteiger partial charge < -0.3 is 4.84 Å². The highest BCUT2D eigenvalue weighted by Gasteiger charge is 2.35. The van der Waals surface area contributed by atoms with Gasteiger partial charge in [0.1, 0.15) is 0 Å². The number of nitrogens with one attached hydrogen (secondary N) is 1. The van der Waals surface area contributed by atoms with Gasteiger partial charge in [-0.1, -0.05) is 6.42 Å². The lowest BCUT2D eigenvalue weighted by Crippen LogP contribution is -2.39. The van der Waals surface area contributed by atoms with Crippen LogP contribution in [-0.4, -0.2) is 13.7 Å². The molecule has 0 heterocycles. The molecule has 0 atom stereocenters. The molecule has 0 aliphatic heterocycles. The van der Waals surface area contributed by atoms with Crippen LogP contribution in [0.5, 0.6) is 0 Å². The second-order valence-electron chi connectivity index (χ2n) is 3.26. The maximum absolute atomic E-state index is 5.28. The van der Waals surface area contributed by atoms with Gasteiger partial charge in [0.15, 0.2) is 0 Å². The minimum atomic E-state index is 0.352. The summed E-state index contributed by atoms with van der Waals surface area (Å²) in [4.78, 5) is 4.80. The fourth-order valence-corrected chi connectivity index (χ4v) is 1.53. The minimum Gasteiger partial charge on any atom is -0.305 e. The molecule has 11 heavy (non-hydrogen) atoms. The summed E-state index contributed by atoms with van der Waals surface area (Å²) in [7, 11) is 1.64. The Morgan fingerprint density at radius 3 is 2.73 bits per heavy atom. The highest BCUT2D eigenvalue weighted by molar-refractivity contribution is 4.99. The Morgan fingerprint density at radius 1 is 1.64 bits per heavy atom. The number of rotatable bonds is 4. The normalized spacial score (nSPS) is 20.4. The van der Waals surface area contributed by atoms with E-state index in [4.69, 9.17) is 11.3 Å². The van der Waals surface area contributed by atoms with E-state index in [0.29, 0.717) is 5.41 Å². The highest BCUT2D eigenvalue weighted by Crippen LogP contribution is 2.42. The molecule has 0 bridgehead atoms. The Bertz CT molecular complexity index is 155. The molecule has 0 aromatic heterocycles. The van der Waals surface area contributed by atoms with Gasteiger partial charge in [-0.25, -0.2) is 5.48 Å². The van der Waals surface area contributed by atoms with Gasteiger partial charge in [-0.2, -0.15) is 0 Å². The largest absolute Gasteiger partial charge is 0.305 e. The third-order valence-electron chi connectivity index (χ3n) is 2.48. The van der Waals surface area contributed by atoms with E-state index in [1.165, 1.54) is 19.3 Å². The monoisotopic (exact) mass is 153 g/mol. The summed E-state index contributed by atoms with van der Waals surface area (Å²) in [5.41, 5.74) is 3.23. The Labute approximate surface area is 68.3 Å². The van der Waals surface area contributed by atoms with E-state index in [2.05, 4.69) is 11.4 Å². The molecule has 0 spiro atoms. The van der Waals surface area contributed by atoms with Crippen LogP contribution >= 0.6 is 0 Å². The van der Waals surface area contributed by atoms with Crippen molar-refractivity contribution in [2.75, 3.05) is 13.7 Å². The lowest BCUT2D eigenvalue weighted by molar-refractivity contribution is 0.0255. The zero-order valence-corrected chi connectivity index (χ0v) is 7.02. The molecular weight excluding hydrogens is 138 g/mol. The zero-order valence-electron chi connectivity index (χ0n) is 7.02. The van der Waals surface area contributed by atoms with Crippen LogP contribution < -0.4 is 5.48 Å². The van der Waals surface area contributed by atoms with Crippen LogP contribution in [0.1, 0.15) is 25.7 Å². The molecule has 2 heteroatoms. The SMILES string of the molecule is C#CCC1(CNOC)CCC1. The molecule has 0 aromatic carbocycles. The minimum absolute atomic E-state index is 0.352. The van der Waals surface area contributed by atoms with Gasteiger partial charge in [0.25, 0.3) is 0 Å². The first-order valence-corrected chi connectivity index (χ1v) is 4.02. The molecule has 1 N–H and O–H groups in total. The molecule has 2 nitrogen and oxygen atoms in total. The standard InChI is InChI=1S/C9H15NO/c1-3-5-9(6-4-7-9)8-10-11-2/h1,10H,4-8H2,2H3. The number of terminal acetylenes is 1. The van der Waals surface area contributed by atoms with E-state index < -0.39 is 0 Å². The third kappa shape index (κ3) is 1.95. The van der Waals surface area contributed by atoms with Gasteiger partial charge in [-0.15, -0.1) is 12.3 Å². The van der Waals surface area contributed by atoms with Crippen LogP contribution in [0.3, 0.4) is 0 Å². The third-order valence-corrected chi connectivity index (χ3v) is 2.48. The van der Waals surface area contributed by atoms with Gasteiger partial charge >= 0.3 is 0 Å². The van der Waals surface area contributed by atoms with Crippen LogP contribution in [0.15, 0.2) is 0 Å². The summed E-state index contributed by atoms with van der Waals surface area (Å²) in [6.45, 7) is 0.897. The van der Waals surface area contributed by atoms with Crippen molar-refractivity contribution < 1.29 is 4.84 Å². The average molecular weight is 153 g/mol. The second-order valence-corrected chi connectivity index (χ2v) is 3.26. The van der Waals surface area contributed by atoms with Gasteiger partial charge in [-0.3, -0.25) is 0 Å². The predicted octanol–water partition coefficient (Wildman–Crippen LogP) is 1.33. The van der Waals surface area contributed by atoms with E-state index in [-0.39, 0.29) is 0 Å². The zero-order chi connectivity index (χ0) is 8.16. The Kier molecular flexibility index (Phi) is 2.92. The van der Waals surface area contributed by atoms with Gasteiger partial charge in [0, 0.05) is 13.0 Å². The molecule has 1 aliphatic carbocycles. The van der Waals surface area contributed by atoms with Gasteiger partial charge in [0.05, 0.1) is 7.11 Å². The fraction of sp³-hybridized carbons (Fsp3) is 0.778. The lowest BCUT2D eigenvalue weighted by atomic mass is 9.67. The molecule has 0 aromatic rings. The van der Waals surface area contributed by atoms with Crippen molar-refractivity contribution in [1.82, 2.24) is 5.48 Å². The molecule has 1 fully saturated rings. The van der Waals surface area contributed by atoms with Crippen LogP contribution in [0.4, 0.5) is 0 Å². The average Bonchev–Trinajstić information content (AvgIpc) is 1.95. The van der Waals surface area contributed by atoms with Crippen molar-refractivity contribution in [1.29, 1.82) is 0 Å². The second kappa shape index (κ2) is 3.75. The van der Waals surface area contributed by atoms with Crippen LogP contribution in [0.25, 0.3) is 0 Å². The molecule has 1 aliphatic rings. The summed E-state index contributed by atoms with van der Waals surface area (Å²) >= 11 is 0. The van der Waals surface area contributed by atoms with E-state index >= 15 is 0 Å². The molecule has 0 saturated heterocycles. The maximum Gasteiger partial charge on any atom is 0.0572 e. The van der Waals surface area contributed by atoms with Gasteiger partial charge in [-0.05, 0) is 18.3 Å². The first-order chi connectivity index (χ1) is 5.33. The van der Waals surface area contributed by atoms with Crippen molar-refractivity contribution in [3.05, 3.63) is 0 Å². The fourth-order valence-electron chi connectivity index (χ4n) is 1.53. The Balaban J connectivity index is 2.29. The Morgan fingerprint density at radius 2 is 2.36 bits per heavy atom. The quantitative estimate of drug-likeness (QED) is 0.486. The molecule has 0 unspecified atom stereocenters. The van der Waals surface area contributed by atoms with Crippen molar-refractivity contribution >= 4 is 0 Å². The van der Waals surface area contributed by atoms with Crippen molar-refractivity contribution in [2.45, 2.75) is 25.7 Å². The first-order valence-electron chi connectivity index (χ1n) is 4.02. The molecule has 62 valence electrons. The van der Waals surface area contributed by atoms with Gasteiger partial charge in [0.2, 0.25) is 0 Å². The number of hydrogen-bond donors (Lipinski definition) is 1. The van der Waals surface area contributed by atoms with Crippen molar-refractivity contribution in [3.63, 3.8) is 0 Å². The smallest absolute Gasteiger partial charge is 0.0572 e. The van der Waals surface area contributed by atoms with Crippen molar-refractivity contribution in [2.24, 2.45) is 5.41 Å². The summed E-state index contributed by atoms with van der Waals surface area (Å²) < 4.78 is 0. The lowest BCUT2D eigenvalue weighted by Gasteiger charge is -2.40. The molecule has 1 rings (SSSR count). The molecular formula is C9H15NO. The summed E-state index contributed by atoms with van der Waals surface area (Å²) in [6.07, 6.45) is 9.96. The van der Waals surface area contributed by atoms with E-state index in [9.17, 15) is 0 Å². The highest BCUT2D eigenvalue weighted by atomic mass is 16.6. The van der Waals surface area contributed by atoms with E-state index in [0.717, 1.165) is 13.0 Å². The van der Waals surface area contributed by atoms with Crippen LogP contribution in [0.2, 0.25) is 0 Å². The Hall–Kier alpha value is -0.520. The first kappa shape index (κ1) is 8.58. The molecule has 0 radical (unpaired) electrons. The van der Waals surface area contributed by atoms with Crippen LogP contribution in [0, 0.1) is 17.8 Å². The molecule has 0 amide bonds. The summed E-state index contributed by atoms with van der Waals surface area (Å²) in [5.74, 6) is 2.72. The number of hydroxylamine groups is 1. The van der Waals surface area contributed by atoms with E-state index in [1.807, 2.05) is 0 Å². The van der Waals surface area contributed by atoms with Crippen LogP contribution in [-0.2, 0) is 4.84 Å². The predicted molar refractivity (Wildman–Crippen MR) is 44.7 cm³/mol. The van der Waals surface area contributed by atoms with Crippen molar-refractivity contribution in [3.8, 4) is 12.3 Å². The maximum atomic E-state index is 5.28. The summed E-state index contributed by atoms with van der Waals surface area (Å²) in [5, 5.41) is 0. The topological polar surface area (TPSA) is 21.3 Å². The molecule has 1 saturated carbocycles. The summed E-state index contributed by atoms with van der Waals surface area (Å²) in [6, 6.07) is 0.